The van der Waals surface area contributed by atoms with E-state index in [2.05, 4.69) is 17.3 Å². The predicted octanol–water partition coefficient (Wildman–Crippen LogP) is 2.57. The predicted molar refractivity (Wildman–Crippen MR) is 71.7 cm³/mol. The second-order valence-corrected chi connectivity index (χ2v) is 5.34. The van der Waals surface area contributed by atoms with Crippen molar-refractivity contribution in [3.63, 3.8) is 0 Å². The summed E-state index contributed by atoms with van der Waals surface area (Å²) in [7, 11) is 2.15. The van der Waals surface area contributed by atoms with Crippen LogP contribution in [0.15, 0.2) is 12.1 Å². The van der Waals surface area contributed by atoms with Gasteiger partial charge >= 0.3 is 0 Å². The standard InChI is InChI=1S/C13H17ClN2O2/c1-16-4-2-3-9(7-16)15-11-6-13-12(5-10(11)14)17-8-18-13/h5-6,9,15H,2-4,7-8H2,1H3. The van der Waals surface area contributed by atoms with Gasteiger partial charge in [0.2, 0.25) is 6.79 Å². The largest absolute Gasteiger partial charge is 0.454 e. The van der Waals surface area contributed by atoms with E-state index in [4.69, 9.17) is 21.1 Å². The SMILES string of the molecule is CN1CCCC(Nc2cc3c(cc2Cl)OCO3)C1. The highest BCUT2D eigenvalue weighted by atomic mass is 35.5. The maximum absolute atomic E-state index is 6.25. The van der Waals surface area contributed by atoms with Crippen molar-refractivity contribution in [1.82, 2.24) is 4.90 Å². The minimum atomic E-state index is 0.279. The van der Waals surface area contributed by atoms with Crippen molar-refractivity contribution in [1.29, 1.82) is 0 Å². The van der Waals surface area contributed by atoms with Crippen LogP contribution in [0.4, 0.5) is 5.69 Å². The zero-order chi connectivity index (χ0) is 12.5. The van der Waals surface area contributed by atoms with Gasteiger partial charge in [0.15, 0.2) is 11.5 Å². The lowest BCUT2D eigenvalue weighted by atomic mass is 10.1. The van der Waals surface area contributed by atoms with Crippen LogP contribution >= 0.6 is 11.6 Å². The summed E-state index contributed by atoms with van der Waals surface area (Å²) in [5.41, 5.74) is 0.932. The average molecular weight is 269 g/mol. The van der Waals surface area contributed by atoms with Crippen molar-refractivity contribution in [2.24, 2.45) is 0 Å². The van der Waals surface area contributed by atoms with Crippen LogP contribution in [-0.2, 0) is 0 Å². The highest BCUT2D eigenvalue weighted by Gasteiger charge is 2.20. The number of nitrogens with one attached hydrogen (secondary N) is 1. The van der Waals surface area contributed by atoms with Crippen molar-refractivity contribution in [3.8, 4) is 11.5 Å². The summed E-state index contributed by atoms with van der Waals surface area (Å²) in [5.74, 6) is 1.50. The third-order valence-corrected chi connectivity index (χ3v) is 3.76. The zero-order valence-corrected chi connectivity index (χ0v) is 11.2. The van der Waals surface area contributed by atoms with Crippen molar-refractivity contribution in [2.45, 2.75) is 18.9 Å². The summed E-state index contributed by atoms with van der Waals surface area (Å²) in [6, 6.07) is 4.19. The number of piperidine rings is 1. The van der Waals surface area contributed by atoms with Gasteiger partial charge in [-0.1, -0.05) is 11.6 Å². The number of rotatable bonds is 2. The quantitative estimate of drug-likeness (QED) is 0.894. The van der Waals surface area contributed by atoms with Crippen molar-refractivity contribution in [2.75, 3.05) is 32.2 Å². The first-order valence-corrected chi connectivity index (χ1v) is 6.64. The van der Waals surface area contributed by atoms with Crippen LogP contribution in [0, 0.1) is 0 Å². The molecule has 0 spiro atoms. The Morgan fingerprint density at radius 2 is 2.11 bits per heavy atom. The Balaban J connectivity index is 1.76. The molecule has 1 aromatic rings. The molecule has 2 heterocycles. The molecule has 0 saturated carbocycles. The highest BCUT2D eigenvalue weighted by Crippen LogP contribution is 2.39. The second-order valence-electron chi connectivity index (χ2n) is 4.93. The number of halogens is 1. The molecule has 0 aromatic heterocycles. The summed E-state index contributed by atoms with van der Waals surface area (Å²) in [6.45, 7) is 2.50. The minimum absolute atomic E-state index is 0.279. The number of hydrogen-bond donors (Lipinski definition) is 1. The fourth-order valence-electron chi connectivity index (χ4n) is 2.53. The lowest BCUT2D eigenvalue weighted by Crippen LogP contribution is -2.39. The Morgan fingerprint density at radius 1 is 1.33 bits per heavy atom. The molecule has 4 nitrogen and oxygen atoms in total. The summed E-state index contributed by atoms with van der Waals surface area (Å²) < 4.78 is 10.7. The van der Waals surface area contributed by atoms with E-state index in [9.17, 15) is 0 Å². The molecule has 1 N–H and O–H groups in total. The molecule has 1 atom stereocenters. The lowest BCUT2D eigenvalue weighted by molar-refractivity contribution is 0.174. The Labute approximate surface area is 112 Å². The average Bonchev–Trinajstić information content (AvgIpc) is 2.76. The van der Waals surface area contributed by atoms with Gasteiger partial charge in [0, 0.05) is 24.7 Å². The molecule has 5 heteroatoms. The number of ether oxygens (including phenoxy) is 2. The number of fused-ring (bicyclic) bond motifs is 1. The lowest BCUT2D eigenvalue weighted by Gasteiger charge is -2.31. The van der Waals surface area contributed by atoms with E-state index < -0.39 is 0 Å². The number of anilines is 1. The molecule has 1 unspecified atom stereocenters. The molecule has 3 rings (SSSR count). The smallest absolute Gasteiger partial charge is 0.231 e. The number of nitrogens with zero attached hydrogens (tertiary/aromatic N) is 1. The first-order valence-electron chi connectivity index (χ1n) is 6.26. The first-order chi connectivity index (χ1) is 8.72. The van der Waals surface area contributed by atoms with Gasteiger partial charge in [-0.15, -0.1) is 0 Å². The van der Waals surface area contributed by atoms with Crippen LogP contribution < -0.4 is 14.8 Å². The monoisotopic (exact) mass is 268 g/mol. The molecule has 2 aliphatic heterocycles. The molecule has 18 heavy (non-hydrogen) atoms. The van der Waals surface area contributed by atoms with Crippen LogP contribution in [0.5, 0.6) is 11.5 Å². The van der Waals surface area contributed by atoms with E-state index in [1.165, 1.54) is 19.4 Å². The van der Waals surface area contributed by atoms with E-state index in [-0.39, 0.29) is 6.79 Å². The van der Waals surface area contributed by atoms with E-state index in [0.29, 0.717) is 11.1 Å². The Hall–Kier alpha value is -1.13. The summed E-state index contributed by atoms with van der Waals surface area (Å²) in [5, 5.41) is 4.19. The first kappa shape index (κ1) is 11.9. The van der Waals surface area contributed by atoms with E-state index >= 15 is 0 Å². The summed E-state index contributed by atoms with van der Waals surface area (Å²) >= 11 is 6.25. The molecule has 2 aliphatic rings. The van der Waals surface area contributed by atoms with Gasteiger partial charge in [-0.25, -0.2) is 0 Å². The van der Waals surface area contributed by atoms with Crippen LogP contribution in [0.3, 0.4) is 0 Å². The van der Waals surface area contributed by atoms with Crippen LogP contribution in [0.1, 0.15) is 12.8 Å². The van der Waals surface area contributed by atoms with Crippen LogP contribution in [0.2, 0.25) is 5.02 Å². The molecule has 1 fully saturated rings. The number of hydrogen-bond acceptors (Lipinski definition) is 4. The van der Waals surface area contributed by atoms with Gasteiger partial charge in [0.25, 0.3) is 0 Å². The molecule has 0 radical (unpaired) electrons. The molecule has 0 amide bonds. The molecule has 1 saturated heterocycles. The van der Waals surface area contributed by atoms with Crippen molar-refractivity contribution < 1.29 is 9.47 Å². The van der Waals surface area contributed by atoms with E-state index in [1.54, 1.807) is 0 Å². The highest BCUT2D eigenvalue weighted by molar-refractivity contribution is 6.33. The third kappa shape index (κ3) is 2.35. The molecule has 0 aliphatic carbocycles. The van der Waals surface area contributed by atoms with Crippen LogP contribution in [0.25, 0.3) is 0 Å². The van der Waals surface area contributed by atoms with Gasteiger partial charge in [0.1, 0.15) is 0 Å². The Kier molecular flexibility index (Phi) is 3.22. The molecule has 98 valence electrons. The van der Waals surface area contributed by atoms with Crippen molar-refractivity contribution in [3.05, 3.63) is 17.2 Å². The zero-order valence-electron chi connectivity index (χ0n) is 10.4. The molecule has 1 aromatic carbocycles. The van der Waals surface area contributed by atoms with Gasteiger partial charge in [-0.3, -0.25) is 0 Å². The maximum Gasteiger partial charge on any atom is 0.231 e. The fourth-order valence-corrected chi connectivity index (χ4v) is 2.74. The second kappa shape index (κ2) is 4.86. The Morgan fingerprint density at radius 3 is 2.89 bits per heavy atom. The van der Waals surface area contributed by atoms with Gasteiger partial charge in [0.05, 0.1) is 10.7 Å². The molecular formula is C13H17ClN2O2. The Bertz CT molecular complexity index is 453. The minimum Gasteiger partial charge on any atom is -0.454 e. The topological polar surface area (TPSA) is 33.7 Å². The number of likely N-dealkylation sites (tertiary alicyclic amines) is 1. The molecule has 0 bridgehead atoms. The summed E-state index contributed by atoms with van der Waals surface area (Å²) in [4.78, 5) is 2.34. The third-order valence-electron chi connectivity index (χ3n) is 3.45. The van der Waals surface area contributed by atoms with Crippen LogP contribution in [-0.4, -0.2) is 37.9 Å². The van der Waals surface area contributed by atoms with Gasteiger partial charge < -0.3 is 19.7 Å². The van der Waals surface area contributed by atoms with E-state index in [0.717, 1.165) is 23.7 Å². The fraction of sp³-hybridized carbons (Fsp3) is 0.538. The van der Waals surface area contributed by atoms with Gasteiger partial charge in [-0.05, 0) is 26.4 Å². The van der Waals surface area contributed by atoms with Gasteiger partial charge in [-0.2, -0.15) is 0 Å². The number of likely N-dealkylation sites (N-methyl/N-ethyl adjacent to an activating group) is 1. The normalized spacial score (nSPS) is 23.1. The molecular weight excluding hydrogens is 252 g/mol. The maximum atomic E-state index is 6.25. The van der Waals surface area contributed by atoms with Crippen molar-refractivity contribution >= 4 is 17.3 Å². The van der Waals surface area contributed by atoms with E-state index in [1.807, 2.05) is 12.1 Å². The summed E-state index contributed by atoms with van der Waals surface area (Å²) in [6.07, 6.45) is 2.39. The number of benzene rings is 1.